The van der Waals surface area contributed by atoms with Gasteiger partial charge in [-0.1, -0.05) is 6.58 Å². The van der Waals surface area contributed by atoms with Gasteiger partial charge in [-0.2, -0.15) is 0 Å². The van der Waals surface area contributed by atoms with E-state index in [-0.39, 0.29) is 29.6 Å². The van der Waals surface area contributed by atoms with Gasteiger partial charge in [0, 0.05) is 23.0 Å². The Bertz CT molecular complexity index is 965. The Morgan fingerprint density at radius 2 is 1.93 bits per heavy atom. The van der Waals surface area contributed by atoms with Gasteiger partial charge in [0.15, 0.2) is 9.84 Å². The summed E-state index contributed by atoms with van der Waals surface area (Å²) in [5.74, 6) is 0.576. The molecule has 154 valence electrons. The largest absolute Gasteiger partial charge is 0.506 e. The lowest BCUT2D eigenvalue weighted by Crippen LogP contribution is -2.37. The summed E-state index contributed by atoms with van der Waals surface area (Å²) in [4.78, 5) is 4.50. The quantitative estimate of drug-likeness (QED) is 0.742. The fraction of sp³-hybridized carbons (Fsp3) is 0.409. The first-order chi connectivity index (χ1) is 13.9. The summed E-state index contributed by atoms with van der Waals surface area (Å²) in [6.07, 6.45) is 4.14. The van der Waals surface area contributed by atoms with Gasteiger partial charge in [-0.05, 0) is 62.1 Å². The molecule has 0 radical (unpaired) electrons. The number of hydrogen-bond acceptors (Lipinski definition) is 6. The van der Waals surface area contributed by atoms with E-state index >= 15 is 0 Å². The first-order valence-corrected chi connectivity index (χ1v) is 11.4. The lowest BCUT2D eigenvalue weighted by Gasteiger charge is -2.32. The Kier molecular flexibility index (Phi) is 5.61. The smallest absolute Gasteiger partial charge is 0.177 e. The molecule has 6 nitrogen and oxygen atoms in total. The predicted molar refractivity (Wildman–Crippen MR) is 110 cm³/mol. The van der Waals surface area contributed by atoms with E-state index in [0.29, 0.717) is 17.3 Å². The molecule has 2 heterocycles. The van der Waals surface area contributed by atoms with Crippen molar-refractivity contribution in [3.8, 4) is 22.8 Å². The van der Waals surface area contributed by atoms with Crippen LogP contribution in [0.3, 0.4) is 0 Å². The minimum absolute atomic E-state index is 0.126. The number of benzene rings is 1. The van der Waals surface area contributed by atoms with Crippen molar-refractivity contribution in [2.75, 3.05) is 13.2 Å². The second kappa shape index (κ2) is 8.16. The molecule has 1 aromatic carbocycles. The van der Waals surface area contributed by atoms with Gasteiger partial charge in [0.2, 0.25) is 0 Å². The molecule has 2 aliphatic rings. The average molecular weight is 416 g/mol. The number of aromatic hydroxyl groups is 1. The van der Waals surface area contributed by atoms with E-state index in [0.717, 1.165) is 36.9 Å². The Morgan fingerprint density at radius 3 is 2.59 bits per heavy atom. The van der Waals surface area contributed by atoms with Crippen LogP contribution in [0.25, 0.3) is 11.3 Å². The highest BCUT2D eigenvalue weighted by molar-refractivity contribution is 7.96. The normalized spacial score (nSPS) is 22.2. The molecule has 1 aliphatic carbocycles. The second-order valence-corrected chi connectivity index (χ2v) is 9.89. The van der Waals surface area contributed by atoms with E-state index in [1.807, 2.05) is 24.3 Å². The zero-order chi connectivity index (χ0) is 20.4. The van der Waals surface area contributed by atoms with Crippen LogP contribution in [-0.4, -0.2) is 43.1 Å². The number of aromatic nitrogens is 1. The maximum absolute atomic E-state index is 12.6. The zero-order valence-electron chi connectivity index (χ0n) is 16.2. The lowest BCUT2D eigenvalue weighted by molar-refractivity contribution is -0.0366. The fourth-order valence-corrected chi connectivity index (χ4v) is 5.51. The summed E-state index contributed by atoms with van der Waals surface area (Å²) >= 11 is 0. The van der Waals surface area contributed by atoms with Crippen molar-refractivity contribution in [1.82, 2.24) is 4.98 Å². The summed E-state index contributed by atoms with van der Waals surface area (Å²) in [6.45, 7) is 4.80. The number of nitrogens with zero attached hydrogens (tertiary/aromatic N) is 1. The molecule has 1 unspecified atom stereocenters. The summed E-state index contributed by atoms with van der Waals surface area (Å²) in [7, 11) is -3.28. The van der Waals surface area contributed by atoms with E-state index in [4.69, 9.17) is 9.47 Å². The monoisotopic (exact) mass is 415 g/mol. The summed E-state index contributed by atoms with van der Waals surface area (Å²) in [6, 6.07) is 10.8. The highest BCUT2D eigenvalue weighted by Crippen LogP contribution is 2.39. The molecule has 0 spiro atoms. The number of sulfone groups is 1. The minimum Gasteiger partial charge on any atom is -0.506 e. The van der Waals surface area contributed by atoms with Crippen molar-refractivity contribution in [2.24, 2.45) is 5.92 Å². The molecule has 1 saturated heterocycles. The van der Waals surface area contributed by atoms with Gasteiger partial charge in [0.05, 0.1) is 23.2 Å². The summed E-state index contributed by atoms with van der Waals surface area (Å²) in [5.41, 5.74) is 1.67. The van der Waals surface area contributed by atoms with E-state index in [9.17, 15) is 13.5 Å². The molecule has 29 heavy (non-hydrogen) atoms. The standard InChI is InChI=1S/C22H25NO5S/c1-15(29(25,26)19-9-10-19)20-3-2-12-27-22(20)14-28-18-7-4-16(5-8-18)21-11-6-17(24)13-23-21/h4-8,11,13,19-20,22,24H,1-3,9-10,12,14H2/t20?,22-/m1/s1. The van der Waals surface area contributed by atoms with Crippen LogP contribution in [0.4, 0.5) is 0 Å². The number of pyridine rings is 1. The van der Waals surface area contributed by atoms with Crippen molar-refractivity contribution in [3.63, 3.8) is 0 Å². The molecular formula is C22H25NO5S. The van der Waals surface area contributed by atoms with Crippen molar-refractivity contribution in [2.45, 2.75) is 37.0 Å². The number of rotatable bonds is 7. The molecule has 4 rings (SSSR count). The first kappa shape index (κ1) is 19.9. The summed E-state index contributed by atoms with van der Waals surface area (Å²) < 4.78 is 36.9. The zero-order valence-corrected chi connectivity index (χ0v) is 17.0. The molecule has 0 bridgehead atoms. The van der Waals surface area contributed by atoms with Crippen LogP contribution in [0.5, 0.6) is 11.5 Å². The van der Waals surface area contributed by atoms with Crippen LogP contribution in [0, 0.1) is 5.92 Å². The third-order valence-electron chi connectivity index (χ3n) is 5.49. The predicted octanol–water partition coefficient (Wildman–Crippen LogP) is 3.72. The van der Waals surface area contributed by atoms with Crippen LogP contribution >= 0.6 is 0 Å². The lowest BCUT2D eigenvalue weighted by atomic mass is 9.94. The van der Waals surface area contributed by atoms with Crippen LogP contribution < -0.4 is 4.74 Å². The Balaban J connectivity index is 1.40. The van der Waals surface area contributed by atoms with Gasteiger partial charge in [0.25, 0.3) is 0 Å². The third-order valence-corrected chi connectivity index (χ3v) is 7.88. The molecule has 1 saturated carbocycles. The molecule has 0 amide bonds. The van der Waals surface area contributed by atoms with Gasteiger partial charge in [-0.15, -0.1) is 0 Å². The van der Waals surface area contributed by atoms with Crippen molar-refractivity contribution < 1.29 is 23.0 Å². The highest BCUT2D eigenvalue weighted by Gasteiger charge is 2.42. The number of ether oxygens (including phenoxy) is 2. The number of hydrogen-bond donors (Lipinski definition) is 1. The minimum atomic E-state index is -3.28. The first-order valence-electron chi connectivity index (χ1n) is 9.88. The third kappa shape index (κ3) is 4.46. The van der Waals surface area contributed by atoms with Gasteiger partial charge in [0.1, 0.15) is 18.1 Å². The van der Waals surface area contributed by atoms with E-state index in [1.54, 1.807) is 12.1 Å². The van der Waals surface area contributed by atoms with Crippen molar-refractivity contribution in [3.05, 3.63) is 54.1 Å². The van der Waals surface area contributed by atoms with Crippen molar-refractivity contribution in [1.29, 1.82) is 0 Å². The van der Waals surface area contributed by atoms with Gasteiger partial charge >= 0.3 is 0 Å². The average Bonchev–Trinajstić information content (AvgIpc) is 3.59. The SMILES string of the molecule is C=C(C1CCCO[C@@H]1COc1ccc(-c2ccc(O)cn2)cc1)S(=O)(=O)C1CC1. The van der Waals surface area contributed by atoms with Gasteiger partial charge in [-0.25, -0.2) is 8.42 Å². The fourth-order valence-electron chi connectivity index (χ4n) is 3.63. The Labute approximate surface area is 171 Å². The molecule has 2 aromatic rings. The molecular weight excluding hydrogens is 390 g/mol. The molecule has 1 N–H and O–H groups in total. The molecule has 1 aliphatic heterocycles. The maximum atomic E-state index is 12.6. The molecule has 2 atom stereocenters. The molecule has 1 aromatic heterocycles. The van der Waals surface area contributed by atoms with Crippen LogP contribution in [0.15, 0.2) is 54.1 Å². The molecule has 7 heteroatoms. The van der Waals surface area contributed by atoms with Crippen LogP contribution in [0.2, 0.25) is 0 Å². The van der Waals surface area contributed by atoms with Gasteiger partial charge in [-0.3, -0.25) is 4.98 Å². The Hall–Kier alpha value is -2.38. The van der Waals surface area contributed by atoms with Crippen molar-refractivity contribution >= 4 is 9.84 Å². The summed E-state index contributed by atoms with van der Waals surface area (Å²) in [5, 5.41) is 9.10. The van der Waals surface area contributed by atoms with Gasteiger partial charge < -0.3 is 14.6 Å². The molecule has 2 fully saturated rings. The van der Waals surface area contributed by atoms with Crippen LogP contribution in [-0.2, 0) is 14.6 Å². The van der Waals surface area contributed by atoms with E-state index < -0.39 is 9.84 Å². The van der Waals surface area contributed by atoms with Crippen LogP contribution in [0.1, 0.15) is 25.7 Å². The maximum Gasteiger partial charge on any atom is 0.177 e. The highest BCUT2D eigenvalue weighted by atomic mass is 32.2. The second-order valence-electron chi connectivity index (χ2n) is 7.61. The van der Waals surface area contributed by atoms with E-state index in [2.05, 4.69) is 11.6 Å². The van der Waals surface area contributed by atoms with E-state index in [1.165, 1.54) is 6.20 Å². The topological polar surface area (TPSA) is 85.7 Å². The Morgan fingerprint density at radius 1 is 1.17 bits per heavy atom.